The van der Waals surface area contributed by atoms with Crippen LogP contribution in [0.25, 0.3) is 17.0 Å². The molecule has 0 unspecified atom stereocenters. The zero-order valence-electron chi connectivity index (χ0n) is 11.0. The van der Waals surface area contributed by atoms with Crippen LogP contribution < -0.4 is 5.32 Å². The van der Waals surface area contributed by atoms with Gasteiger partial charge in [0.1, 0.15) is 5.82 Å². The van der Waals surface area contributed by atoms with Crippen molar-refractivity contribution < 1.29 is 9.18 Å². The van der Waals surface area contributed by atoms with E-state index in [1.54, 1.807) is 30.5 Å². The van der Waals surface area contributed by atoms with Crippen LogP contribution in [0.1, 0.15) is 5.56 Å². The molecule has 21 heavy (non-hydrogen) atoms. The van der Waals surface area contributed by atoms with Crippen molar-refractivity contribution in [2.24, 2.45) is 0 Å². The second-order valence-electron chi connectivity index (χ2n) is 4.52. The van der Waals surface area contributed by atoms with Crippen LogP contribution in [-0.2, 0) is 4.79 Å². The molecule has 0 aliphatic carbocycles. The molecule has 3 aromatic rings. The maximum Gasteiger partial charge on any atom is 0.248 e. The highest BCUT2D eigenvalue weighted by atomic mass is 19.1. The van der Waals surface area contributed by atoms with E-state index < -0.39 is 0 Å². The van der Waals surface area contributed by atoms with Crippen LogP contribution in [0.5, 0.6) is 0 Å². The molecule has 0 radical (unpaired) electrons. The molecule has 3 rings (SSSR count). The summed E-state index contributed by atoms with van der Waals surface area (Å²) in [5, 5.41) is 10.4. The number of nitrogens with zero attached hydrogens (tertiary/aromatic N) is 1. The first-order valence-electron chi connectivity index (χ1n) is 6.39. The summed E-state index contributed by atoms with van der Waals surface area (Å²) in [5.74, 6) is -0.678. The first kappa shape index (κ1) is 13.1. The van der Waals surface area contributed by atoms with Crippen LogP contribution in [0.15, 0.2) is 54.7 Å². The summed E-state index contributed by atoms with van der Waals surface area (Å²) in [6.07, 6.45) is 4.43. The molecule has 0 saturated carbocycles. The Bertz CT molecular complexity index is 823. The van der Waals surface area contributed by atoms with E-state index in [1.165, 1.54) is 18.2 Å². The number of carbonyl (C=O) groups is 1. The number of H-pyrrole nitrogens is 1. The largest absolute Gasteiger partial charge is 0.322 e. The molecular weight excluding hydrogens is 269 g/mol. The van der Waals surface area contributed by atoms with Crippen molar-refractivity contribution >= 4 is 28.6 Å². The van der Waals surface area contributed by atoms with E-state index in [0.29, 0.717) is 11.3 Å². The van der Waals surface area contributed by atoms with E-state index in [1.807, 2.05) is 12.1 Å². The Morgan fingerprint density at radius 3 is 2.95 bits per heavy atom. The minimum atomic E-state index is -0.360. The molecule has 1 amide bonds. The number of benzene rings is 2. The normalized spacial score (nSPS) is 11.1. The van der Waals surface area contributed by atoms with Crippen LogP contribution in [0.2, 0.25) is 0 Å². The number of aromatic amines is 1. The third-order valence-corrected chi connectivity index (χ3v) is 3.03. The number of amides is 1. The first-order valence-corrected chi connectivity index (χ1v) is 6.39. The molecule has 0 atom stereocenters. The second-order valence-corrected chi connectivity index (χ2v) is 4.52. The second kappa shape index (κ2) is 5.58. The molecule has 2 aromatic carbocycles. The maximum absolute atomic E-state index is 13.4. The molecule has 0 aliphatic rings. The zero-order valence-corrected chi connectivity index (χ0v) is 11.0. The van der Waals surface area contributed by atoms with Crippen molar-refractivity contribution in [2.75, 3.05) is 5.32 Å². The minimum Gasteiger partial charge on any atom is -0.322 e. The number of anilines is 1. The van der Waals surface area contributed by atoms with Gasteiger partial charge in [0, 0.05) is 22.7 Å². The van der Waals surface area contributed by atoms with Gasteiger partial charge in [0.25, 0.3) is 0 Å². The van der Waals surface area contributed by atoms with Crippen LogP contribution in [-0.4, -0.2) is 16.1 Å². The van der Waals surface area contributed by atoms with E-state index in [-0.39, 0.29) is 11.7 Å². The lowest BCUT2D eigenvalue weighted by atomic mass is 10.2. The number of hydrogen-bond donors (Lipinski definition) is 2. The minimum absolute atomic E-state index is 0.318. The Labute approximate surface area is 120 Å². The number of carbonyl (C=O) groups excluding carboxylic acids is 1. The molecule has 4 nitrogen and oxygen atoms in total. The summed E-state index contributed by atoms with van der Waals surface area (Å²) < 4.78 is 13.4. The summed E-state index contributed by atoms with van der Waals surface area (Å²) in [6, 6.07) is 11.7. The SMILES string of the molecule is O=C(/C=C/c1ccccc1F)Nc1ccc2[nH]ncc2c1. The van der Waals surface area contributed by atoms with Gasteiger partial charge in [-0.2, -0.15) is 5.10 Å². The van der Waals surface area contributed by atoms with Gasteiger partial charge >= 0.3 is 0 Å². The Morgan fingerprint density at radius 2 is 2.10 bits per heavy atom. The van der Waals surface area contributed by atoms with E-state index in [0.717, 1.165) is 10.9 Å². The van der Waals surface area contributed by atoms with Gasteiger partial charge in [-0.3, -0.25) is 9.89 Å². The van der Waals surface area contributed by atoms with Gasteiger partial charge in [-0.1, -0.05) is 18.2 Å². The van der Waals surface area contributed by atoms with E-state index >= 15 is 0 Å². The molecule has 1 heterocycles. The van der Waals surface area contributed by atoms with Gasteiger partial charge in [0.15, 0.2) is 0 Å². The summed E-state index contributed by atoms with van der Waals surface area (Å²) in [5.41, 5.74) is 1.93. The summed E-state index contributed by atoms with van der Waals surface area (Å²) in [4.78, 5) is 11.8. The quantitative estimate of drug-likeness (QED) is 0.723. The Morgan fingerprint density at radius 1 is 1.24 bits per heavy atom. The fraction of sp³-hybridized carbons (Fsp3) is 0. The maximum atomic E-state index is 13.4. The number of rotatable bonds is 3. The highest BCUT2D eigenvalue weighted by Gasteiger charge is 2.02. The third-order valence-electron chi connectivity index (χ3n) is 3.03. The summed E-state index contributed by atoms with van der Waals surface area (Å²) in [7, 11) is 0. The van der Waals surface area contributed by atoms with Crippen molar-refractivity contribution in [3.63, 3.8) is 0 Å². The van der Waals surface area contributed by atoms with Crippen molar-refractivity contribution in [1.29, 1.82) is 0 Å². The Kier molecular flexibility index (Phi) is 3.47. The van der Waals surface area contributed by atoms with Crippen LogP contribution >= 0.6 is 0 Å². The van der Waals surface area contributed by atoms with Crippen molar-refractivity contribution in [3.05, 3.63) is 66.1 Å². The predicted molar refractivity (Wildman–Crippen MR) is 80.2 cm³/mol. The molecule has 1 aromatic heterocycles. The van der Waals surface area contributed by atoms with Crippen molar-refractivity contribution in [2.45, 2.75) is 0 Å². The smallest absolute Gasteiger partial charge is 0.248 e. The zero-order chi connectivity index (χ0) is 14.7. The van der Waals surface area contributed by atoms with Crippen LogP contribution in [0, 0.1) is 5.82 Å². The van der Waals surface area contributed by atoms with Crippen molar-refractivity contribution in [3.8, 4) is 0 Å². The highest BCUT2D eigenvalue weighted by molar-refractivity contribution is 6.02. The standard InChI is InChI=1S/C16H12FN3O/c17-14-4-2-1-3-11(14)5-8-16(21)19-13-6-7-15-12(9-13)10-18-20-15/h1-10H,(H,18,20)(H,19,21)/b8-5+. The topological polar surface area (TPSA) is 57.8 Å². The fourth-order valence-electron chi connectivity index (χ4n) is 1.98. The van der Waals surface area contributed by atoms with Crippen molar-refractivity contribution in [1.82, 2.24) is 10.2 Å². The average molecular weight is 281 g/mol. The molecule has 0 aliphatic heterocycles. The number of nitrogens with one attached hydrogen (secondary N) is 2. The molecule has 0 spiro atoms. The lowest BCUT2D eigenvalue weighted by Gasteiger charge is -2.02. The molecular formula is C16H12FN3O. The third kappa shape index (κ3) is 2.97. The lowest BCUT2D eigenvalue weighted by molar-refractivity contribution is -0.111. The summed E-state index contributed by atoms with van der Waals surface area (Å²) in [6.45, 7) is 0. The van der Waals surface area contributed by atoms with Gasteiger partial charge in [-0.15, -0.1) is 0 Å². The van der Waals surface area contributed by atoms with Crippen LogP contribution in [0.4, 0.5) is 10.1 Å². The Balaban J connectivity index is 1.72. The Hall–Kier alpha value is -2.95. The highest BCUT2D eigenvalue weighted by Crippen LogP contribution is 2.16. The number of aromatic nitrogens is 2. The van der Waals surface area contributed by atoms with E-state index in [4.69, 9.17) is 0 Å². The molecule has 5 heteroatoms. The molecule has 0 fully saturated rings. The van der Waals surface area contributed by atoms with Gasteiger partial charge in [0.05, 0.1) is 11.7 Å². The number of hydrogen-bond acceptors (Lipinski definition) is 2. The molecule has 2 N–H and O–H groups in total. The molecule has 104 valence electrons. The average Bonchev–Trinajstić information content (AvgIpc) is 2.94. The fourth-order valence-corrected chi connectivity index (χ4v) is 1.98. The monoisotopic (exact) mass is 281 g/mol. The van der Waals surface area contributed by atoms with Crippen LogP contribution in [0.3, 0.4) is 0 Å². The van der Waals surface area contributed by atoms with Gasteiger partial charge in [0.2, 0.25) is 5.91 Å². The molecule has 0 bridgehead atoms. The first-order chi connectivity index (χ1) is 10.2. The van der Waals surface area contributed by atoms with Gasteiger partial charge < -0.3 is 5.32 Å². The number of fused-ring (bicyclic) bond motifs is 1. The van der Waals surface area contributed by atoms with E-state index in [9.17, 15) is 9.18 Å². The van der Waals surface area contributed by atoms with Gasteiger partial charge in [-0.05, 0) is 30.3 Å². The lowest BCUT2D eigenvalue weighted by Crippen LogP contribution is -2.07. The molecule has 0 saturated heterocycles. The predicted octanol–water partition coefficient (Wildman–Crippen LogP) is 3.35. The number of halogens is 1. The summed E-state index contributed by atoms with van der Waals surface area (Å²) >= 11 is 0. The van der Waals surface area contributed by atoms with E-state index in [2.05, 4.69) is 15.5 Å². The van der Waals surface area contributed by atoms with Gasteiger partial charge in [-0.25, -0.2) is 4.39 Å².